The van der Waals surface area contributed by atoms with Crippen molar-refractivity contribution >= 4 is 55.3 Å². The van der Waals surface area contributed by atoms with Crippen molar-refractivity contribution < 1.29 is 8.83 Å². The first kappa shape index (κ1) is 21.8. The molecule has 0 aliphatic rings. The highest BCUT2D eigenvalue weighted by atomic mass is 16.3. The molecule has 0 bridgehead atoms. The fourth-order valence-corrected chi connectivity index (χ4v) is 5.55. The fraction of sp³-hybridized carbons (Fsp3) is 0. The Hall–Kier alpha value is -5.28. The zero-order valence-corrected chi connectivity index (χ0v) is 21.0. The van der Waals surface area contributed by atoms with Crippen molar-refractivity contribution in [1.29, 1.82) is 0 Å². The molecule has 3 heteroatoms. The molecule has 0 radical (unpaired) electrons. The van der Waals surface area contributed by atoms with E-state index in [1.54, 1.807) is 0 Å². The number of benzene rings is 6. The maximum atomic E-state index is 6.21. The van der Waals surface area contributed by atoms with E-state index < -0.39 is 0 Å². The Balaban J connectivity index is 1.14. The molecule has 6 aromatic carbocycles. The first-order chi connectivity index (χ1) is 19.3. The molecule has 0 aliphatic carbocycles. The van der Waals surface area contributed by atoms with E-state index in [0.717, 1.165) is 66.4 Å². The largest absolute Gasteiger partial charge is 0.456 e. The van der Waals surface area contributed by atoms with Gasteiger partial charge in [-0.2, -0.15) is 0 Å². The molecular weight excluding hydrogens is 478 g/mol. The Kier molecular flexibility index (Phi) is 4.82. The molecule has 8 rings (SSSR count). The van der Waals surface area contributed by atoms with Crippen LogP contribution in [0.4, 0.5) is 11.4 Å². The molecule has 0 saturated carbocycles. The van der Waals surface area contributed by atoms with E-state index in [1.807, 2.05) is 36.4 Å². The van der Waals surface area contributed by atoms with Crippen LogP contribution in [0.25, 0.3) is 66.1 Å². The van der Waals surface area contributed by atoms with Gasteiger partial charge in [-0.15, -0.1) is 0 Å². The standard InChI is InChI=1S/C36H23NO2/c1-2-7-23(8-3-1)25-16-20-33-30(21-25)36-31(10-6-12-34(36)38-33)37-27-17-13-24(14-18-27)26-15-19-29-28-9-4-5-11-32(28)39-35(29)22-26/h1-22,37H. The minimum atomic E-state index is 0.871. The Morgan fingerprint density at radius 3 is 1.92 bits per heavy atom. The predicted molar refractivity (Wildman–Crippen MR) is 162 cm³/mol. The molecule has 0 aliphatic heterocycles. The van der Waals surface area contributed by atoms with Crippen LogP contribution in [0.15, 0.2) is 142 Å². The van der Waals surface area contributed by atoms with Crippen molar-refractivity contribution in [2.75, 3.05) is 5.32 Å². The molecule has 2 heterocycles. The van der Waals surface area contributed by atoms with E-state index in [0.29, 0.717) is 0 Å². The van der Waals surface area contributed by atoms with E-state index >= 15 is 0 Å². The zero-order valence-electron chi connectivity index (χ0n) is 21.0. The van der Waals surface area contributed by atoms with Gasteiger partial charge in [0.1, 0.15) is 22.3 Å². The summed E-state index contributed by atoms with van der Waals surface area (Å²) in [7, 11) is 0. The Morgan fingerprint density at radius 2 is 1.03 bits per heavy atom. The summed E-state index contributed by atoms with van der Waals surface area (Å²) in [5, 5.41) is 8.11. The van der Waals surface area contributed by atoms with Gasteiger partial charge in [-0.05, 0) is 76.9 Å². The van der Waals surface area contributed by atoms with Crippen molar-refractivity contribution in [3.63, 3.8) is 0 Å². The number of nitrogens with one attached hydrogen (secondary N) is 1. The molecule has 0 saturated heterocycles. The van der Waals surface area contributed by atoms with Crippen molar-refractivity contribution in [2.24, 2.45) is 0 Å². The van der Waals surface area contributed by atoms with Crippen LogP contribution in [-0.4, -0.2) is 0 Å². The summed E-state index contributed by atoms with van der Waals surface area (Å²) >= 11 is 0. The third kappa shape index (κ3) is 3.67. The van der Waals surface area contributed by atoms with Crippen LogP contribution in [0.1, 0.15) is 0 Å². The first-order valence-corrected chi connectivity index (χ1v) is 13.1. The molecule has 2 aromatic heterocycles. The van der Waals surface area contributed by atoms with Gasteiger partial charge in [-0.25, -0.2) is 0 Å². The molecule has 0 fully saturated rings. The van der Waals surface area contributed by atoms with Gasteiger partial charge in [-0.1, -0.05) is 78.9 Å². The van der Waals surface area contributed by atoms with Gasteiger partial charge >= 0.3 is 0 Å². The minimum Gasteiger partial charge on any atom is -0.456 e. The summed E-state index contributed by atoms with van der Waals surface area (Å²) in [5.74, 6) is 0. The van der Waals surface area contributed by atoms with Gasteiger partial charge in [0.2, 0.25) is 0 Å². The van der Waals surface area contributed by atoms with Gasteiger partial charge in [-0.3, -0.25) is 0 Å². The third-order valence-electron chi connectivity index (χ3n) is 7.48. The SMILES string of the molecule is c1ccc(-c2ccc3oc4cccc(Nc5ccc(-c6ccc7c(c6)oc6ccccc67)cc5)c4c3c2)cc1. The van der Waals surface area contributed by atoms with E-state index in [1.165, 1.54) is 11.1 Å². The molecule has 0 atom stereocenters. The van der Waals surface area contributed by atoms with Crippen LogP contribution < -0.4 is 5.32 Å². The second kappa shape index (κ2) is 8.64. The summed E-state index contributed by atoms with van der Waals surface area (Å²) in [6.07, 6.45) is 0. The van der Waals surface area contributed by atoms with Crippen molar-refractivity contribution in [2.45, 2.75) is 0 Å². The smallest absolute Gasteiger partial charge is 0.137 e. The average Bonchev–Trinajstić information content (AvgIpc) is 3.56. The van der Waals surface area contributed by atoms with Crippen LogP contribution in [0, 0.1) is 0 Å². The summed E-state index contributed by atoms with van der Waals surface area (Å²) in [6, 6.07) is 46.2. The molecule has 8 aromatic rings. The molecule has 184 valence electrons. The van der Waals surface area contributed by atoms with Crippen molar-refractivity contribution in [3.8, 4) is 22.3 Å². The van der Waals surface area contributed by atoms with Crippen LogP contribution in [0.2, 0.25) is 0 Å². The highest BCUT2D eigenvalue weighted by molar-refractivity contribution is 6.13. The van der Waals surface area contributed by atoms with Crippen LogP contribution in [-0.2, 0) is 0 Å². The maximum absolute atomic E-state index is 6.21. The molecule has 0 unspecified atom stereocenters. The number of para-hydroxylation sites is 1. The molecule has 0 spiro atoms. The predicted octanol–water partition coefficient (Wildman–Crippen LogP) is 10.6. The van der Waals surface area contributed by atoms with Crippen molar-refractivity contribution in [1.82, 2.24) is 0 Å². The van der Waals surface area contributed by atoms with Crippen molar-refractivity contribution in [3.05, 3.63) is 133 Å². The molecule has 39 heavy (non-hydrogen) atoms. The minimum absolute atomic E-state index is 0.871. The normalized spacial score (nSPS) is 11.6. The number of rotatable bonds is 4. The highest BCUT2D eigenvalue weighted by Gasteiger charge is 2.13. The topological polar surface area (TPSA) is 38.3 Å². The van der Waals surface area contributed by atoms with E-state index in [9.17, 15) is 0 Å². The Bertz CT molecular complexity index is 2130. The van der Waals surface area contributed by atoms with E-state index in [2.05, 4.69) is 102 Å². The number of furan rings is 2. The van der Waals surface area contributed by atoms with Gasteiger partial charge in [0.05, 0.1) is 11.1 Å². The monoisotopic (exact) mass is 501 g/mol. The maximum Gasteiger partial charge on any atom is 0.137 e. The number of fused-ring (bicyclic) bond motifs is 6. The second-order valence-corrected chi connectivity index (χ2v) is 9.87. The Morgan fingerprint density at radius 1 is 0.385 bits per heavy atom. The van der Waals surface area contributed by atoms with Crippen LogP contribution in [0.3, 0.4) is 0 Å². The number of anilines is 2. The highest BCUT2D eigenvalue weighted by Crippen LogP contribution is 2.38. The first-order valence-electron chi connectivity index (χ1n) is 13.1. The van der Waals surface area contributed by atoms with Crippen LogP contribution in [0.5, 0.6) is 0 Å². The number of hydrogen-bond donors (Lipinski definition) is 1. The van der Waals surface area contributed by atoms with Gasteiger partial charge in [0.15, 0.2) is 0 Å². The zero-order chi connectivity index (χ0) is 25.8. The molecule has 1 N–H and O–H groups in total. The molecule has 0 amide bonds. The van der Waals surface area contributed by atoms with Gasteiger partial charge in [0, 0.05) is 21.8 Å². The summed E-state index contributed by atoms with van der Waals surface area (Å²) in [5.41, 5.74) is 10.3. The average molecular weight is 502 g/mol. The number of hydrogen-bond acceptors (Lipinski definition) is 3. The lowest BCUT2D eigenvalue weighted by Crippen LogP contribution is -1.91. The quantitative estimate of drug-likeness (QED) is 0.261. The van der Waals surface area contributed by atoms with Gasteiger partial charge < -0.3 is 14.2 Å². The van der Waals surface area contributed by atoms with E-state index in [4.69, 9.17) is 8.83 Å². The third-order valence-corrected chi connectivity index (χ3v) is 7.48. The van der Waals surface area contributed by atoms with Crippen LogP contribution >= 0.6 is 0 Å². The van der Waals surface area contributed by atoms with Gasteiger partial charge in [0.25, 0.3) is 0 Å². The molecule has 3 nitrogen and oxygen atoms in total. The summed E-state index contributed by atoms with van der Waals surface area (Å²) in [4.78, 5) is 0. The second-order valence-electron chi connectivity index (χ2n) is 9.87. The fourth-order valence-electron chi connectivity index (χ4n) is 5.55. The summed E-state index contributed by atoms with van der Waals surface area (Å²) < 4.78 is 12.3. The lowest BCUT2D eigenvalue weighted by Gasteiger charge is -2.09. The summed E-state index contributed by atoms with van der Waals surface area (Å²) in [6.45, 7) is 0. The molecular formula is C36H23NO2. The Labute approximate surface area is 224 Å². The van der Waals surface area contributed by atoms with E-state index in [-0.39, 0.29) is 0 Å². The lowest BCUT2D eigenvalue weighted by atomic mass is 10.0. The lowest BCUT2D eigenvalue weighted by molar-refractivity contribution is 0.668.